The van der Waals surface area contributed by atoms with Crippen LogP contribution in [0.5, 0.6) is 0 Å². The highest BCUT2D eigenvalue weighted by Gasteiger charge is 2.13. The average molecular weight is 302 g/mol. The quantitative estimate of drug-likeness (QED) is 0.643. The summed E-state index contributed by atoms with van der Waals surface area (Å²) in [6.07, 6.45) is 0.320. The molecule has 1 rings (SSSR count). The number of nitro groups is 1. The molecule has 0 aliphatic heterocycles. The van der Waals surface area contributed by atoms with Gasteiger partial charge in [-0.1, -0.05) is 0 Å². The van der Waals surface area contributed by atoms with Gasteiger partial charge >= 0.3 is 0 Å². The molecule has 17 heavy (non-hydrogen) atoms. The molecule has 0 bridgehead atoms. The lowest BCUT2D eigenvalue weighted by Crippen LogP contribution is -2.18. The largest absolute Gasteiger partial charge is 0.326 e. The molecule has 0 fully saturated rings. The fourth-order valence-corrected chi connectivity index (χ4v) is 1.58. The Morgan fingerprint density at radius 2 is 2.24 bits per heavy atom. The van der Waals surface area contributed by atoms with Crippen molar-refractivity contribution in [3.05, 3.63) is 32.8 Å². The Labute approximate surface area is 107 Å². The molecular formula is C10H12BrN3O3. The second-order valence-electron chi connectivity index (χ2n) is 3.33. The average Bonchev–Trinajstić information content (AvgIpc) is 2.28. The number of nitrogens with zero attached hydrogens (tertiary/aromatic N) is 1. The smallest absolute Gasteiger partial charge is 0.285 e. The molecule has 0 atom stereocenters. The highest BCUT2D eigenvalue weighted by atomic mass is 79.9. The number of nitrogens with one attached hydrogen (secondary N) is 2. The summed E-state index contributed by atoms with van der Waals surface area (Å²) in [5, 5.41) is 16.1. The molecule has 0 aliphatic rings. The van der Waals surface area contributed by atoms with E-state index in [-0.39, 0.29) is 11.6 Å². The Balaban J connectivity index is 2.75. The molecule has 0 heterocycles. The Kier molecular flexibility index (Phi) is 5.05. The Morgan fingerprint density at radius 3 is 2.82 bits per heavy atom. The van der Waals surface area contributed by atoms with Crippen molar-refractivity contribution < 1.29 is 9.72 Å². The Hall–Kier alpha value is -1.47. The van der Waals surface area contributed by atoms with Gasteiger partial charge in [-0.25, -0.2) is 0 Å². The molecule has 0 aromatic heterocycles. The van der Waals surface area contributed by atoms with Gasteiger partial charge in [0.25, 0.3) is 5.69 Å². The molecule has 1 aromatic rings. The zero-order chi connectivity index (χ0) is 12.8. The van der Waals surface area contributed by atoms with Crippen LogP contribution in [0.15, 0.2) is 22.7 Å². The molecule has 0 unspecified atom stereocenters. The van der Waals surface area contributed by atoms with Crippen molar-refractivity contribution in [2.24, 2.45) is 0 Å². The van der Waals surface area contributed by atoms with Gasteiger partial charge < -0.3 is 10.6 Å². The van der Waals surface area contributed by atoms with Gasteiger partial charge in [0.1, 0.15) is 0 Å². The van der Waals surface area contributed by atoms with Crippen molar-refractivity contribution in [3.8, 4) is 0 Å². The molecule has 0 saturated heterocycles. The second-order valence-corrected chi connectivity index (χ2v) is 4.18. The van der Waals surface area contributed by atoms with Crippen LogP contribution in [0.1, 0.15) is 6.42 Å². The molecular weight excluding hydrogens is 290 g/mol. The van der Waals surface area contributed by atoms with Crippen LogP contribution < -0.4 is 10.6 Å². The van der Waals surface area contributed by atoms with E-state index < -0.39 is 4.92 Å². The predicted molar refractivity (Wildman–Crippen MR) is 68.0 cm³/mol. The van der Waals surface area contributed by atoms with E-state index in [4.69, 9.17) is 0 Å². The summed E-state index contributed by atoms with van der Waals surface area (Å²) < 4.78 is 0.385. The van der Waals surface area contributed by atoms with E-state index in [1.54, 1.807) is 13.1 Å². The number of hydrogen-bond acceptors (Lipinski definition) is 4. The van der Waals surface area contributed by atoms with Crippen molar-refractivity contribution in [2.45, 2.75) is 6.42 Å². The monoisotopic (exact) mass is 301 g/mol. The van der Waals surface area contributed by atoms with Crippen LogP contribution in [0.2, 0.25) is 0 Å². The molecule has 0 aliphatic carbocycles. The molecule has 0 spiro atoms. The first kappa shape index (κ1) is 13.6. The van der Waals surface area contributed by atoms with Gasteiger partial charge in [-0.15, -0.1) is 0 Å². The SMILES string of the molecule is CNCCC(=O)Nc1ccc(Br)c([N+](=O)[O-])c1. The number of nitro benzene ring substituents is 1. The number of benzene rings is 1. The van der Waals surface area contributed by atoms with Gasteiger partial charge in [-0.3, -0.25) is 14.9 Å². The number of anilines is 1. The van der Waals surface area contributed by atoms with Crippen molar-refractivity contribution in [2.75, 3.05) is 18.9 Å². The zero-order valence-electron chi connectivity index (χ0n) is 9.20. The van der Waals surface area contributed by atoms with Crippen LogP contribution in [-0.4, -0.2) is 24.4 Å². The number of amides is 1. The minimum absolute atomic E-state index is 0.0728. The molecule has 0 radical (unpaired) electrons. The van der Waals surface area contributed by atoms with Crippen LogP contribution in [0.25, 0.3) is 0 Å². The van der Waals surface area contributed by atoms with E-state index in [2.05, 4.69) is 26.6 Å². The fraction of sp³-hybridized carbons (Fsp3) is 0.300. The van der Waals surface area contributed by atoms with Crippen LogP contribution in [-0.2, 0) is 4.79 Å². The first-order valence-corrected chi connectivity index (χ1v) is 5.72. The standard InChI is InChI=1S/C10H12BrN3O3/c1-12-5-4-10(15)13-7-2-3-8(11)9(6-7)14(16)17/h2-3,6,12H,4-5H2,1H3,(H,13,15). The topological polar surface area (TPSA) is 84.3 Å². The molecule has 0 saturated carbocycles. The lowest BCUT2D eigenvalue weighted by molar-refractivity contribution is -0.385. The van der Waals surface area contributed by atoms with Crippen molar-refractivity contribution in [1.29, 1.82) is 0 Å². The molecule has 7 heteroatoms. The minimum atomic E-state index is -0.507. The normalized spacial score (nSPS) is 10.0. The minimum Gasteiger partial charge on any atom is -0.326 e. The number of carbonyl (C=O) groups is 1. The zero-order valence-corrected chi connectivity index (χ0v) is 10.8. The third-order valence-electron chi connectivity index (χ3n) is 2.03. The summed E-state index contributed by atoms with van der Waals surface area (Å²) in [5.41, 5.74) is 0.345. The fourth-order valence-electron chi connectivity index (χ4n) is 1.19. The lowest BCUT2D eigenvalue weighted by atomic mass is 10.2. The number of rotatable bonds is 5. The summed E-state index contributed by atoms with van der Waals surface area (Å²) in [6, 6.07) is 4.46. The molecule has 1 aromatic carbocycles. The summed E-state index contributed by atoms with van der Waals surface area (Å²) in [6.45, 7) is 0.560. The van der Waals surface area contributed by atoms with Gasteiger partial charge in [0.15, 0.2) is 0 Å². The van der Waals surface area contributed by atoms with Gasteiger partial charge in [0.05, 0.1) is 9.40 Å². The Morgan fingerprint density at radius 1 is 1.53 bits per heavy atom. The van der Waals surface area contributed by atoms with E-state index in [1.807, 2.05) is 0 Å². The number of halogens is 1. The summed E-state index contributed by atoms with van der Waals surface area (Å²) in [4.78, 5) is 21.6. The first-order valence-electron chi connectivity index (χ1n) is 4.93. The Bertz CT molecular complexity index is 437. The second kappa shape index (κ2) is 6.31. The highest BCUT2D eigenvalue weighted by Crippen LogP contribution is 2.27. The van der Waals surface area contributed by atoms with E-state index in [1.165, 1.54) is 12.1 Å². The van der Waals surface area contributed by atoms with E-state index in [0.29, 0.717) is 23.1 Å². The number of carbonyl (C=O) groups excluding carboxylic acids is 1. The van der Waals surface area contributed by atoms with Crippen LogP contribution >= 0.6 is 15.9 Å². The van der Waals surface area contributed by atoms with Gasteiger partial charge in [0.2, 0.25) is 5.91 Å². The lowest BCUT2D eigenvalue weighted by Gasteiger charge is -2.05. The molecule has 92 valence electrons. The van der Waals surface area contributed by atoms with Gasteiger partial charge in [-0.2, -0.15) is 0 Å². The molecule has 2 N–H and O–H groups in total. The van der Waals surface area contributed by atoms with Crippen molar-refractivity contribution in [1.82, 2.24) is 5.32 Å². The molecule has 6 nitrogen and oxygen atoms in total. The summed E-state index contributed by atoms with van der Waals surface area (Å²) in [5.74, 6) is -0.184. The van der Waals surface area contributed by atoms with Crippen molar-refractivity contribution >= 4 is 33.2 Å². The predicted octanol–water partition coefficient (Wildman–Crippen LogP) is 1.91. The van der Waals surface area contributed by atoms with Gasteiger partial charge in [0, 0.05) is 24.7 Å². The first-order chi connectivity index (χ1) is 8.04. The molecule has 1 amide bonds. The van der Waals surface area contributed by atoms with Crippen molar-refractivity contribution in [3.63, 3.8) is 0 Å². The third kappa shape index (κ3) is 4.12. The summed E-state index contributed by atoms with van der Waals surface area (Å²) >= 11 is 3.07. The maximum Gasteiger partial charge on any atom is 0.285 e. The van der Waals surface area contributed by atoms with Crippen LogP contribution in [0.4, 0.5) is 11.4 Å². The third-order valence-corrected chi connectivity index (χ3v) is 2.70. The maximum absolute atomic E-state index is 11.4. The van der Waals surface area contributed by atoms with Gasteiger partial charge in [-0.05, 0) is 35.1 Å². The maximum atomic E-state index is 11.4. The number of hydrogen-bond donors (Lipinski definition) is 2. The highest BCUT2D eigenvalue weighted by molar-refractivity contribution is 9.10. The van der Waals surface area contributed by atoms with Crippen LogP contribution in [0.3, 0.4) is 0 Å². The van der Waals surface area contributed by atoms with E-state index >= 15 is 0 Å². The van der Waals surface area contributed by atoms with Crippen LogP contribution in [0, 0.1) is 10.1 Å². The van der Waals surface area contributed by atoms with E-state index in [9.17, 15) is 14.9 Å². The van der Waals surface area contributed by atoms with E-state index in [0.717, 1.165) is 0 Å². The summed E-state index contributed by atoms with van der Waals surface area (Å²) in [7, 11) is 1.75.